The van der Waals surface area contributed by atoms with E-state index in [2.05, 4.69) is 5.32 Å². The van der Waals surface area contributed by atoms with E-state index in [-0.39, 0.29) is 12.5 Å². The lowest BCUT2D eigenvalue weighted by Gasteiger charge is -2.28. The van der Waals surface area contributed by atoms with E-state index in [4.69, 9.17) is 0 Å². The Hall–Kier alpha value is -1.96. The Labute approximate surface area is 103 Å². The molecule has 2 rings (SSSR count). The van der Waals surface area contributed by atoms with E-state index < -0.39 is 17.8 Å². The first-order valence-electron chi connectivity index (χ1n) is 5.64. The van der Waals surface area contributed by atoms with Gasteiger partial charge in [-0.05, 0) is 0 Å². The molecule has 5 amide bonds. The third kappa shape index (κ3) is 2.06. The lowest BCUT2D eigenvalue weighted by molar-refractivity contribution is -0.144. The quantitative estimate of drug-likeness (QED) is 0.448. The van der Waals surface area contributed by atoms with Crippen LogP contribution in [0.15, 0.2) is 0 Å². The van der Waals surface area contributed by atoms with Crippen molar-refractivity contribution in [3.63, 3.8) is 0 Å². The molecule has 0 aliphatic carbocycles. The summed E-state index contributed by atoms with van der Waals surface area (Å²) in [5.74, 6) is -2.15. The molecule has 0 unspecified atom stereocenters. The van der Waals surface area contributed by atoms with E-state index in [0.717, 1.165) is 0 Å². The van der Waals surface area contributed by atoms with Gasteiger partial charge in [0.25, 0.3) is 0 Å². The van der Waals surface area contributed by atoms with Gasteiger partial charge in [-0.3, -0.25) is 19.3 Å². The molecular formula is C10H14N4O4. The van der Waals surface area contributed by atoms with Crippen LogP contribution >= 0.6 is 0 Å². The lowest BCUT2D eigenvalue weighted by atomic mass is 10.3. The van der Waals surface area contributed by atoms with Crippen molar-refractivity contribution in [2.45, 2.75) is 0 Å². The van der Waals surface area contributed by atoms with Crippen LogP contribution in [0.25, 0.3) is 0 Å². The Balaban J connectivity index is 2.01. The molecule has 8 heteroatoms. The zero-order valence-corrected chi connectivity index (χ0v) is 10.0. The maximum absolute atomic E-state index is 11.9. The number of amides is 5. The highest BCUT2D eigenvalue weighted by Gasteiger charge is 2.43. The van der Waals surface area contributed by atoms with E-state index in [1.807, 2.05) is 0 Å². The van der Waals surface area contributed by atoms with Gasteiger partial charge >= 0.3 is 17.8 Å². The summed E-state index contributed by atoms with van der Waals surface area (Å²) in [6.07, 6.45) is 0. The van der Waals surface area contributed by atoms with E-state index in [0.29, 0.717) is 36.0 Å². The number of urea groups is 1. The molecule has 2 aliphatic rings. The number of nitrogens with zero attached hydrogens (tertiary/aromatic N) is 3. The van der Waals surface area contributed by atoms with Crippen molar-refractivity contribution in [1.82, 2.24) is 20.0 Å². The summed E-state index contributed by atoms with van der Waals surface area (Å²) in [6, 6.07) is -0.742. The molecule has 18 heavy (non-hydrogen) atoms. The van der Waals surface area contributed by atoms with Crippen LogP contribution in [0.2, 0.25) is 0 Å². The second-order valence-corrected chi connectivity index (χ2v) is 4.17. The van der Waals surface area contributed by atoms with Crippen LogP contribution in [0.1, 0.15) is 0 Å². The Morgan fingerprint density at radius 2 is 1.78 bits per heavy atom. The molecule has 0 bridgehead atoms. The van der Waals surface area contributed by atoms with E-state index in [1.54, 1.807) is 4.90 Å². The third-order valence-corrected chi connectivity index (χ3v) is 3.01. The molecule has 0 aromatic carbocycles. The summed E-state index contributed by atoms with van der Waals surface area (Å²) in [7, 11) is 1.22. The van der Waals surface area contributed by atoms with Gasteiger partial charge in [0, 0.05) is 33.2 Å². The van der Waals surface area contributed by atoms with Gasteiger partial charge in [-0.2, -0.15) is 0 Å². The number of imide groups is 2. The Morgan fingerprint density at radius 1 is 1.17 bits per heavy atom. The van der Waals surface area contributed by atoms with Crippen LogP contribution < -0.4 is 5.32 Å². The Morgan fingerprint density at radius 3 is 2.28 bits per heavy atom. The number of nitrogens with one attached hydrogen (secondary N) is 1. The largest absolute Gasteiger partial charge is 0.339 e. The smallest absolute Gasteiger partial charge is 0.334 e. The summed E-state index contributed by atoms with van der Waals surface area (Å²) in [4.78, 5) is 49.2. The molecule has 2 fully saturated rings. The molecule has 0 atom stereocenters. The van der Waals surface area contributed by atoms with Crippen molar-refractivity contribution in [1.29, 1.82) is 0 Å². The fourth-order valence-corrected chi connectivity index (χ4v) is 1.90. The summed E-state index contributed by atoms with van der Waals surface area (Å²) in [5.41, 5.74) is 0. The molecule has 98 valence electrons. The Bertz CT molecular complexity index is 416. The van der Waals surface area contributed by atoms with Crippen LogP contribution in [0.3, 0.4) is 0 Å². The van der Waals surface area contributed by atoms with Crippen molar-refractivity contribution in [2.24, 2.45) is 0 Å². The molecule has 2 aliphatic heterocycles. The third-order valence-electron chi connectivity index (χ3n) is 3.01. The minimum absolute atomic E-state index is 0.318. The topological polar surface area (TPSA) is 90.0 Å². The predicted octanol–water partition coefficient (Wildman–Crippen LogP) is -2.16. The van der Waals surface area contributed by atoms with E-state index in [1.165, 1.54) is 7.05 Å². The minimum Gasteiger partial charge on any atom is -0.339 e. The summed E-state index contributed by atoms with van der Waals surface area (Å²) >= 11 is 0. The first-order valence-corrected chi connectivity index (χ1v) is 5.64. The van der Waals surface area contributed by atoms with E-state index >= 15 is 0 Å². The first-order chi connectivity index (χ1) is 8.52. The summed E-state index contributed by atoms with van der Waals surface area (Å²) < 4.78 is 0. The molecule has 0 aromatic heterocycles. The fourth-order valence-electron chi connectivity index (χ4n) is 1.90. The second-order valence-electron chi connectivity index (χ2n) is 4.17. The maximum atomic E-state index is 11.9. The predicted molar refractivity (Wildman–Crippen MR) is 59.3 cm³/mol. The summed E-state index contributed by atoms with van der Waals surface area (Å²) in [5, 5.41) is 3.09. The number of carbonyl (C=O) groups excluding carboxylic acids is 4. The van der Waals surface area contributed by atoms with Crippen LogP contribution in [-0.4, -0.2) is 78.2 Å². The zero-order valence-electron chi connectivity index (χ0n) is 10.0. The van der Waals surface area contributed by atoms with Crippen molar-refractivity contribution in [3.8, 4) is 0 Å². The SMILES string of the molecule is CN1C(=O)C(=O)N(CC(=O)N2CCNCC2)C1=O. The van der Waals surface area contributed by atoms with Crippen molar-refractivity contribution < 1.29 is 19.2 Å². The van der Waals surface area contributed by atoms with Gasteiger partial charge in [-0.1, -0.05) is 0 Å². The van der Waals surface area contributed by atoms with Gasteiger partial charge in [0.15, 0.2) is 0 Å². The maximum Gasteiger partial charge on any atom is 0.334 e. The van der Waals surface area contributed by atoms with E-state index in [9.17, 15) is 19.2 Å². The number of carbonyl (C=O) groups is 4. The molecule has 2 saturated heterocycles. The standard InChI is InChI=1S/C10H14N4O4/c1-12-8(16)9(17)14(10(12)18)6-7(15)13-4-2-11-3-5-13/h11H,2-6H2,1H3. The number of likely N-dealkylation sites (N-methyl/N-ethyl adjacent to an activating group) is 1. The average Bonchev–Trinajstić information content (AvgIpc) is 2.57. The van der Waals surface area contributed by atoms with Gasteiger partial charge in [0.1, 0.15) is 6.54 Å². The molecule has 0 radical (unpaired) electrons. The van der Waals surface area contributed by atoms with Crippen molar-refractivity contribution >= 4 is 23.8 Å². The van der Waals surface area contributed by atoms with Gasteiger partial charge in [-0.25, -0.2) is 9.69 Å². The number of hydrogen-bond donors (Lipinski definition) is 1. The van der Waals surface area contributed by atoms with Crippen LogP contribution in [0, 0.1) is 0 Å². The molecule has 2 heterocycles. The van der Waals surface area contributed by atoms with Crippen LogP contribution in [0.4, 0.5) is 4.79 Å². The highest BCUT2D eigenvalue weighted by Crippen LogP contribution is 2.10. The van der Waals surface area contributed by atoms with Gasteiger partial charge in [0.05, 0.1) is 0 Å². The molecule has 8 nitrogen and oxygen atoms in total. The monoisotopic (exact) mass is 254 g/mol. The Kier molecular flexibility index (Phi) is 3.28. The van der Waals surface area contributed by atoms with Gasteiger partial charge in [0.2, 0.25) is 5.91 Å². The minimum atomic E-state index is -0.939. The van der Waals surface area contributed by atoms with Gasteiger partial charge in [-0.15, -0.1) is 0 Å². The van der Waals surface area contributed by atoms with Crippen LogP contribution in [-0.2, 0) is 14.4 Å². The zero-order chi connectivity index (χ0) is 13.3. The highest BCUT2D eigenvalue weighted by atomic mass is 16.2. The van der Waals surface area contributed by atoms with Crippen LogP contribution in [0.5, 0.6) is 0 Å². The summed E-state index contributed by atoms with van der Waals surface area (Å²) in [6.45, 7) is 2.09. The second kappa shape index (κ2) is 4.73. The number of rotatable bonds is 2. The number of piperazine rings is 1. The highest BCUT2D eigenvalue weighted by molar-refractivity contribution is 6.44. The first kappa shape index (κ1) is 12.5. The van der Waals surface area contributed by atoms with Gasteiger partial charge < -0.3 is 10.2 Å². The fraction of sp³-hybridized carbons (Fsp3) is 0.600. The molecular weight excluding hydrogens is 240 g/mol. The van der Waals surface area contributed by atoms with Crippen molar-refractivity contribution in [3.05, 3.63) is 0 Å². The molecule has 0 saturated carbocycles. The molecule has 0 aromatic rings. The normalized spacial score (nSPS) is 20.9. The number of hydrogen-bond acceptors (Lipinski definition) is 5. The lowest BCUT2D eigenvalue weighted by Crippen LogP contribution is -2.50. The average molecular weight is 254 g/mol. The molecule has 0 spiro atoms. The molecule has 1 N–H and O–H groups in total. The van der Waals surface area contributed by atoms with Crippen molar-refractivity contribution in [2.75, 3.05) is 39.8 Å².